The lowest BCUT2D eigenvalue weighted by Crippen LogP contribution is -2.14. The van der Waals surface area contributed by atoms with Crippen molar-refractivity contribution in [1.82, 2.24) is 4.98 Å². The fraction of sp³-hybridized carbons (Fsp3) is 0.0833. The van der Waals surface area contributed by atoms with E-state index in [2.05, 4.69) is 21.5 Å². The van der Waals surface area contributed by atoms with Gasteiger partial charge < -0.3 is 5.73 Å². The van der Waals surface area contributed by atoms with Gasteiger partial charge in [-0.2, -0.15) is 0 Å². The molecule has 0 aliphatic carbocycles. The van der Waals surface area contributed by atoms with Gasteiger partial charge in [-0.3, -0.25) is 4.72 Å². The first-order valence-electron chi connectivity index (χ1n) is 5.44. The molecule has 0 aliphatic rings. The molecule has 2 aromatic rings. The van der Waals surface area contributed by atoms with Gasteiger partial charge >= 0.3 is 0 Å². The van der Waals surface area contributed by atoms with Gasteiger partial charge in [0.25, 0.3) is 10.0 Å². The molecule has 1 aromatic heterocycles. The number of nitrogens with one attached hydrogen (secondary N) is 1. The third-order valence-corrected chi connectivity index (χ3v) is 4.43. The monoisotopic (exact) mass is 311 g/mol. The highest BCUT2D eigenvalue weighted by atomic mass is 32.2. The van der Waals surface area contributed by atoms with E-state index < -0.39 is 15.8 Å². The molecule has 8 heteroatoms. The van der Waals surface area contributed by atoms with E-state index in [1.807, 2.05) is 0 Å². The first-order chi connectivity index (χ1) is 9.53. The van der Waals surface area contributed by atoms with E-state index in [4.69, 9.17) is 5.73 Å². The topological polar surface area (TPSA) is 85.1 Å². The molecular formula is C12H10FN3O2S2. The summed E-state index contributed by atoms with van der Waals surface area (Å²) in [6.45, 7) is 0.0515. The minimum absolute atomic E-state index is 0.0515. The van der Waals surface area contributed by atoms with Gasteiger partial charge in [-0.1, -0.05) is 11.8 Å². The van der Waals surface area contributed by atoms with Gasteiger partial charge in [0.05, 0.1) is 6.54 Å². The quantitative estimate of drug-likeness (QED) is 0.839. The van der Waals surface area contributed by atoms with Crippen LogP contribution in [0.15, 0.2) is 34.7 Å². The van der Waals surface area contributed by atoms with Gasteiger partial charge in [-0.05, 0) is 18.2 Å². The molecule has 0 atom stereocenters. The fourth-order valence-electron chi connectivity index (χ4n) is 1.42. The number of hydrogen-bond acceptors (Lipinski definition) is 5. The number of thiazole rings is 1. The standard InChI is InChI=1S/C12H10FN3O2S2/c13-10-3-4-11(9(8-10)2-1-5-14)20(17,18)16-12-15-6-7-19-12/h3-4,6-8H,5,14H2,(H,15,16). The minimum atomic E-state index is -3.87. The van der Waals surface area contributed by atoms with Crippen molar-refractivity contribution in [2.75, 3.05) is 11.3 Å². The van der Waals surface area contributed by atoms with Crippen molar-refractivity contribution < 1.29 is 12.8 Å². The largest absolute Gasteiger partial charge is 0.320 e. The zero-order valence-electron chi connectivity index (χ0n) is 10.1. The van der Waals surface area contributed by atoms with Crippen LogP contribution < -0.4 is 10.5 Å². The Morgan fingerprint density at radius 3 is 2.90 bits per heavy atom. The summed E-state index contributed by atoms with van der Waals surface area (Å²) in [5, 5.41) is 1.87. The van der Waals surface area contributed by atoms with E-state index in [-0.39, 0.29) is 22.1 Å². The average Bonchev–Trinajstić information content (AvgIpc) is 2.88. The van der Waals surface area contributed by atoms with Crippen molar-refractivity contribution in [3.05, 3.63) is 41.2 Å². The van der Waals surface area contributed by atoms with Gasteiger partial charge in [0.1, 0.15) is 10.7 Å². The number of rotatable bonds is 3. The van der Waals surface area contributed by atoms with Crippen LogP contribution in [0.1, 0.15) is 5.56 Å². The maximum absolute atomic E-state index is 13.2. The zero-order chi connectivity index (χ0) is 14.6. The second kappa shape index (κ2) is 6.00. The molecule has 0 unspecified atom stereocenters. The molecule has 0 amide bonds. The number of sulfonamides is 1. The lowest BCUT2D eigenvalue weighted by atomic mass is 10.2. The molecule has 1 aromatic carbocycles. The maximum atomic E-state index is 13.2. The Balaban J connectivity index is 2.45. The molecule has 0 aliphatic heterocycles. The molecule has 0 radical (unpaired) electrons. The van der Waals surface area contributed by atoms with Crippen LogP contribution in [0.5, 0.6) is 0 Å². The lowest BCUT2D eigenvalue weighted by Gasteiger charge is -2.07. The predicted octanol–water partition coefficient (Wildman–Crippen LogP) is 1.39. The van der Waals surface area contributed by atoms with Crippen LogP contribution in [0.25, 0.3) is 0 Å². The SMILES string of the molecule is NCC#Cc1cc(F)ccc1S(=O)(=O)Nc1nccs1. The van der Waals surface area contributed by atoms with Crippen molar-refractivity contribution in [2.24, 2.45) is 5.73 Å². The molecular weight excluding hydrogens is 301 g/mol. The van der Waals surface area contributed by atoms with E-state index >= 15 is 0 Å². The summed E-state index contributed by atoms with van der Waals surface area (Å²) in [6.07, 6.45) is 1.47. The van der Waals surface area contributed by atoms with Crippen LogP contribution in [0, 0.1) is 17.7 Å². The number of halogens is 1. The van der Waals surface area contributed by atoms with E-state index in [0.717, 1.165) is 29.5 Å². The molecule has 5 nitrogen and oxygen atoms in total. The van der Waals surface area contributed by atoms with Crippen LogP contribution in [-0.4, -0.2) is 19.9 Å². The van der Waals surface area contributed by atoms with Crippen molar-refractivity contribution in [3.63, 3.8) is 0 Å². The summed E-state index contributed by atoms with van der Waals surface area (Å²) in [7, 11) is -3.87. The third kappa shape index (κ3) is 3.33. The number of nitrogens with zero attached hydrogens (tertiary/aromatic N) is 1. The molecule has 2 rings (SSSR count). The van der Waals surface area contributed by atoms with Crippen molar-refractivity contribution in [2.45, 2.75) is 4.90 Å². The molecule has 1 heterocycles. The number of hydrogen-bond donors (Lipinski definition) is 2. The van der Waals surface area contributed by atoms with Crippen LogP contribution in [-0.2, 0) is 10.0 Å². The Kier molecular flexibility index (Phi) is 4.34. The van der Waals surface area contributed by atoms with E-state index in [0.29, 0.717) is 0 Å². The Morgan fingerprint density at radius 1 is 1.45 bits per heavy atom. The summed E-state index contributed by atoms with van der Waals surface area (Å²) in [5.41, 5.74) is 5.30. The Bertz CT molecular complexity index is 762. The van der Waals surface area contributed by atoms with Gasteiger partial charge in [-0.25, -0.2) is 17.8 Å². The zero-order valence-corrected chi connectivity index (χ0v) is 11.8. The van der Waals surface area contributed by atoms with E-state index in [1.54, 1.807) is 5.38 Å². The fourth-order valence-corrected chi connectivity index (χ4v) is 3.36. The second-order valence-electron chi connectivity index (χ2n) is 3.59. The highest BCUT2D eigenvalue weighted by Gasteiger charge is 2.19. The van der Waals surface area contributed by atoms with Gasteiger partial charge in [-0.15, -0.1) is 11.3 Å². The van der Waals surface area contributed by atoms with Crippen molar-refractivity contribution in [1.29, 1.82) is 0 Å². The predicted molar refractivity (Wildman–Crippen MR) is 75.3 cm³/mol. The van der Waals surface area contributed by atoms with E-state index in [1.165, 1.54) is 6.20 Å². The summed E-state index contributed by atoms with van der Waals surface area (Å²) in [6, 6.07) is 3.27. The Labute approximate surface area is 119 Å². The maximum Gasteiger partial charge on any atom is 0.264 e. The minimum Gasteiger partial charge on any atom is -0.320 e. The summed E-state index contributed by atoms with van der Waals surface area (Å²) in [5.74, 6) is 4.49. The first-order valence-corrected chi connectivity index (χ1v) is 7.80. The summed E-state index contributed by atoms with van der Waals surface area (Å²) in [4.78, 5) is 3.72. The molecule has 3 N–H and O–H groups in total. The van der Waals surface area contributed by atoms with E-state index in [9.17, 15) is 12.8 Å². The van der Waals surface area contributed by atoms with Crippen LogP contribution in [0.3, 0.4) is 0 Å². The smallest absolute Gasteiger partial charge is 0.264 e. The molecule has 0 bridgehead atoms. The molecule has 0 saturated heterocycles. The number of benzene rings is 1. The molecule has 0 saturated carbocycles. The Hall–Kier alpha value is -1.95. The first kappa shape index (κ1) is 14.5. The second-order valence-corrected chi connectivity index (χ2v) is 6.13. The molecule has 104 valence electrons. The Morgan fingerprint density at radius 2 is 2.25 bits per heavy atom. The van der Waals surface area contributed by atoms with Crippen LogP contribution in [0.2, 0.25) is 0 Å². The lowest BCUT2D eigenvalue weighted by molar-refractivity contribution is 0.599. The van der Waals surface area contributed by atoms with Crippen molar-refractivity contribution >= 4 is 26.5 Å². The van der Waals surface area contributed by atoms with Gasteiger partial charge in [0, 0.05) is 17.1 Å². The molecule has 0 spiro atoms. The molecule has 0 fully saturated rings. The number of anilines is 1. The van der Waals surface area contributed by atoms with Crippen LogP contribution >= 0.6 is 11.3 Å². The van der Waals surface area contributed by atoms with Gasteiger partial charge in [0.2, 0.25) is 0 Å². The summed E-state index contributed by atoms with van der Waals surface area (Å²) < 4.78 is 40.0. The average molecular weight is 311 g/mol. The van der Waals surface area contributed by atoms with Crippen molar-refractivity contribution in [3.8, 4) is 11.8 Å². The van der Waals surface area contributed by atoms with Gasteiger partial charge in [0.15, 0.2) is 5.13 Å². The third-order valence-electron chi connectivity index (χ3n) is 2.21. The summed E-state index contributed by atoms with van der Waals surface area (Å²) >= 11 is 1.14. The highest BCUT2D eigenvalue weighted by molar-refractivity contribution is 7.93. The number of aromatic nitrogens is 1. The highest BCUT2D eigenvalue weighted by Crippen LogP contribution is 2.21. The van der Waals surface area contributed by atoms with Crippen LogP contribution in [0.4, 0.5) is 9.52 Å². The number of nitrogens with two attached hydrogens (primary N) is 1. The normalized spacial score (nSPS) is 10.7. The molecule has 20 heavy (non-hydrogen) atoms.